The van der Waals surface area contributed by atoms with Gasteiger partial charge in [0.25, 0.3) is 5.91 Å². The molecular weight excluding hydrogens is 391 g/mol. The van der Waals surface area contributed by atoms with Crippen LogP contribution in [0.15, 0.2) is 42.5 Å². The first-order valence-electron chi connectivity index (χ1n) is 8.23. The number of nitrogens with zero attached hydrogens (tertiary/aromatic N) is 1. The number of ether oxygens (including phenoxy) is 1. The zero-order valence-electron chi connectivity index (χ0n) is 14.4. The summed E-state index contributed by atoms with van der Waals surface area (Å²) in [5.41, 5.74) is 0.181. The Bertz CT molecular complexity index is 963. The lowest BCUT2D eigenvalue weighted by molar-refractivity contribution is -0.121. The van der Waals surface area contributed by atoms with E-state index in [-0.39, 0.29) is 46.6 Å². The van der Waals surface area contributed by atoms with Crippen molar-refractivity contribution >= 4 is 46.7 Å². The fourth-order valence-electron chi connectivity index (χ4n) is 2.63. The van der Waals surface area contributed by atoms with Gasteiger partial charge in [-0.1, -0.05) is 17.7 Å². The first kappa shape index (κ1) is 19.5. The molecule has 7 nitrogen and oxygen atoms in total. The van der Waals surface area contributed by atoms with Gasteiger partial charge in [-0.3, -0.25) is 19.3 Å². The monoisotopic (exact) mass is 404 g/mol. The molecule has 2 aromatic carbocycles. The predicted octanol–water partition coefficient (Wildman–Crippen LogP) is 2.93. The summed E-state index contributed by atoms with van der Waals surface area (Å²) in [7, 11) is 0. The van der Waals surface area contributed by atoms with Crippen LogP contribution in [-0.4, -0.2) is 30.3 Å². The normalized spacial score (nSPS) is 13.6. The number of esters is 1. The van der Waals surface area contributed by atoms with Gasteiger partial charge in [0.2, 0.25) is 11.8 Å². The Morgan fingerprint density at radius 2 is 1.82 bits per heavy atom. The van der Waals surface area contributed by atoms with Crippen molar-refractivity contribution in [3.8, 4) is 0 Å². The van der Waals surface area contributed by atoms with Crippen molar-refractivity contribution in [2.24, 2.45) is 0 Å². The average Bonchev–Trinajstić information content (AvgIpc) is 3.01. The molecule has 3 amide bonds. The molecule has 1 heterocycles. The van der Waals surface area contributed by atoms with Gasteiger partial charge < -0.3 is 10.1 Å². The summed E-state index contributed by atoms with van der Waals surface area (Å²) in [5.74, 6) is -2.97. The Labute approximate surface area is 164 Å². The predicted molar refractivity (Wildman–Crippen MR) is 98.5 cm³/mol. The number of hydrogen-bond donors (Lipinski definition) is 1. The molecule has 1 saturated heterocycles. The van der Waals surface area contributed by atoms with E-state index in [9.17, 15) is 23.6 Å². The summed E-state index contributed by atoms with van der Waals surface area (Å²) < 4.78 is 18.5. The number of nitrogens with one attached hydrogen (secondary N) is 1. The number of hydrogen-bond acceptors (Lipinski definition) is 5. The molecule has 0 bridgehead atoms. The molecule has 9 heteroatoms. The number of amides is 3. The highest BCUT2D eigenvalue weighted by Crippen LogP contribution is 2.24. The van der Waals surface area contributed by atoms with E-state index in [0.717, 1.165) is 11.0 Å². The summed E-state index contributed by atoms with van der Waals surface area (Å²) in [6.07, 6.45) is 0.238. The molecule has 0 aromatic heterocycles. The third-order valence-electron chi connectivity index (χ3n) is 3.93. The van der Waals surface area contributed by atoms with E-state index in [1.165, 1.54) is 36.4 Å². The fraction of sp³-hybridized carbons (Fsp3) is 0.158. The van der Waals surface area contributed by atoms with E-state index in [1.54, 1.807) is 0 Å². The lowest BCUT2D eigenvalue weighted by Crippen LogP contribution is -2.28. The second-order valence-electron chi connectivity index (χ2n) is 5.92. The van der Waals surface area contributed by atoms with Crippen LogP contribution < -0.4 is 10.2 Å². The Hall–Kier alpha value is -3.26. The molecule has 2 aromatic rings. The minimum absolute atomic E-state index is 0.0618. The molecule has 144 valence electrons. The summed E-state index contributed by atoms with van der Waals surface area (Å²) in [4.78, 5) is 48.7. The maximum absolute atomic E-state index is 13.6. The van der Waals surface area contributed by atoms with Crippen LogP contribution in [0.1, 0.15) is 23.2 Å². The zero-order chi connectivity index (χ0) is 20.3. The highest BCUT2D eigenvalue weighted by Gasteiger charge is 2.30. The first-order valence-corrected chi connectivity index (χ1v) is 8.61. The molecule has 28 heavy (non-hydrogen) atoms. The quantitative estimate of drug-likeness (QED) is 0.611. The molecule has 1 aliphatic heterocycles. The third-order valence-corrected chi connectivity index (χ3v) is 4.16. The van der Waals surface area contributed by atoms with Gasteiger partial charge in [0.1, 0.15) is 5.82 Å². The highest BCUT2D eigenvalue weighted by atomic mass is 35.5. The van der Waals surface area contributed by atoms with Crippen molar-refractivity contribution in [3.05, 3.63) is 58.9 Å². The van der Waals surface area contributed by atoms with Gasteiger partial charge in [-0.2, -0.15) is 0 Å². The number of anilines is 2. The Kier molecular flexibility index (Phi) is 5.70. The van der Waals surface area contributed by atoms with Crippen molar-refractivity contribution in [1.29, 1.82) is 0 Å². The van der Waals surface area contributed by atoms with Gasteiger partial charge in [0.15, 0.2) is 6.61 Å². The van der Waals surface area contributed by atoms with Crippen LogP contribution in [0.25, 0.3) is 0 Å². The lowest BCUT2D eigenvalue weighted by Gasteiger charge is -2.14. The van der Waals surface area contributed by atoms with Gasteiger partial charge in [0, 0.05) is 17.9 Å². The molecule has 1 fully saturated rings. The zero-order valence-corrected chi connectivity index (χ0v) is 15.2. The molecule has 0 atom stereocenters. The van der Waals surface area contributed by atoms with Crippen molar-refractivity contribution in [3.63, 3.8) is 0 Å². The number of carbonyl (C=O) groups excluding carboxylic acids is 4. The van der Waals surface area contributed by atoms with Crippen LogP contribution in [-0.2, 0) is 19.1 Å². The minimum Gasteiger partial charge on any atom is -0.452 e. The molecule has 3 rings (SSSR count). The van der Waals surface area contributed by atoms with Crippen LogP contribution in [0, 0.1) is 5.82 Å². The largest absolute Gasteiger partial charge is 0.452 e. The smallest absolute Gasteiger partial charge is 0.338 e. The second kappa shape index (κ2) is 8.18. The van der Waals surface area contributed by atoms with Crippen LogP contribution in [0.3, 0.4) is 0 Å². The van der Waals surface area contributed by atoms with Gasteiger partial charge >= 0.3 is 5.97 Å². The van der Waals surface area contributed by atoms with Gasteiger partial charge in [-0.05, 0) is 36.4 Å². The second-order valence-corrected chi connectivity index (χ2v) is 6.36. The van der Waals surface area contributed by atoms with Gasteiger partial charge in [-0.25, -0.2) is 9.18 Å². The lowest BCUT2D eigenvalue weighted by atomic mass is 10.2. The molecule has 0 aliphatic carbocycles. The number of rotatable bonds is 5. The van der Waals surface area contributed by atoms with Crippen LogP contribution in [0.2, 0.25) is 5.02 Å². The van der Waals surface area contributed by atoms with E-state index in [1.807, 2.05) is 0 Å². The molecule has 0 spiro atoms. The van der Waals surface area contributed by atoms with Crippen molar-refractivity contribution in [1.82, 2.24) is 0 Å². The van der Waals surface area contributed by atoms with Crippen LogP contribution in [0.5, 0.6) is 0 Å². The van der Waals surface area contributed by atoms with Crippen LogP contribution in [0.4, 0.5) is 15.8 Å². The fourth-order valence-corrected chi connectivity index (χ4v) is 2.80. The SMILES string of the molecule is O=C(COC(=O)c1cccc(N2C(=O)CCC2=O)c1)Nc1cc(Cl)ccc1F. The van der Waals surface area contributed by atoms with Gasteiger partial charge in [0.05, 0.1) is 16.9 Å². The summed E-state index contributed by atoms with van der Waals surface area (Å²) >= 11 is 5.74. The number of imide groups is 1. The standard InChI is InChI=1S/C19H14ClFN2O5/c20-12-4-5-14(21)15(9-12)22-16(24)10-28-19(27)11-2-1-3-13(8-11)23-17(25)6-7-18(23)26/h1-5,8-9H,6-7,10H2,(H,22,24). The van der Waals surface area contributed by atoms with E-state index < -0.39 is 24.3 Å². The summed E-state index contributed by atoms with van der Waals surface area (Å²) in [6.45, 7) is -0.656. The molecule has 0 saturated carbocycles. The maximum atomic E-state index is 13.6. The Morgan fingerprint density at radius 3 is 2.54 bits per heavy atom. The minimum atomic E-state index is -0.831. The van der Waals surface area contributed by atoms with E-state index in [4.69, 9.17) is 16.3 Å². The van der Waals surface area contributed by atoms with Crippen LogP contribution >= 0.6 is 11.6 Å². The highest BCUT2D eigenvalue weighted by molar-refractivity contribution is 6.30. The summed E-state index contributed by atoms with van der Waals surface area (Å²) in [5, 5.41) is 2.49. The summed E-state index contributed by atoms with van der Waals surface area (Å²) in [6, 6.07) is 9.41. The van der Waals surface area contributed by atoms with E-state index in [2.05, 4.69) is 5.32 Å². The molecule has 0 unspecified atom stereocenters. The van der Waals surface area contributed by atoms with E-state index >= 15 is 0 Å². The number of carbonyl (C=O) groups is 4. The van der Waals surface area contributed by atoms with Crippen molar-refractivity contribution in [2.45, 2.75) is 12.8 Å². The molecule has 1 aliphatic rings. The molecule has 0 radical (unpaired) electrons. The topological polar surface area (TPSA) is 92.8 Å². The third kappa shape index (κ3) is 4.34. The Morgan fingerprint density at radius 1 is 1.11 bits per heavy atom. The van der Waals surface area contributed by atoms with E-state index in [0.29, 0.717) is 0 Å². The number of halogens is 2. The number of benzene rings is 2. The maximum Gasteiger partial charge on any atom is 0.338 e. The van der Waals surface area contributed by atoms with Crippen molar-refractivity contribution < 1.29 is 28.3 Å². The molecular formula is C19H14ClFN2O5. The van der Waals surface area contributed by atoms with Crippen molar-refractivity contribution in [2.75, 3.05) is 16.8 Å². The average molecular weight is 405 g/mol. The Balaban J connectivity index is 1.63. The first-order chi connectivity index (χ1) is 13.3. The molecule has 1 N–H and O–H groups in total. The van der Waals surface area contributed by atoms with Gasteiger partial charge in [-0.15, -0.1) is 0 Å².